The molecule has 148 valence electrons. The summed E-state index contributed by atoms with van der Waals surface area (Å²) in [5, 5.41) is 2.71. The predicted molar refractivity (Wildman–Crippen MR) is 110 cm³/mol. The van der Waals surface area contributed by atoms with Crippen LogP contribution in [0.1, 0.15) is 0 Å². The molecule has 3 heterocycles. The van der Waals surface area contributed by atoms with Crippen LogP contribution in [0.4, 0.5) is 11.6 Å². The van der Waals surface area contributed by atoms with Crippen molar-refractivity contribution in [3.8, 4) is 11.1 Å². The van der Waals surface area contributed by atoms with Gasteiger partial charge in [0.05, 0.1) is 43.6 Å². The highest BCUT2D eigenvalue weighted by Gasteiger charge is 2.19. The molecule has 29 heavy (non-hydrogen) atoms. The first kappa shape index (κ1) is 18.1. The topological polar surface area (TPSA) is 63.9 Å². The van der Waals surface area contributed by atoms with Crippen molar-refractivity contribution in [2.45, 2.75) is 0 Å². The zero-order valence-corrected chi connectivity index (χ0v) is 16.0. The van der Waals surface area contributed by atoms with E-state index in [4.69, 9.17) is 19.0 Å². The SMILES string of the molecule is c1ccc2nc(N(OCCN3CCOCC3)c3cc4ccocc-4c3)ncc2c1. The molecule has 5 rings (SSSR count). The lowest BCUT2D eigenvalue weighted by Gasteiger charge is -2.27. The Bertz CT molecular complexity index is 1030. The number of anilines is 2. The van der Waals surface area contributed by atoms with Gasteiger partial charge in [0.15, 0.2) is 0 Å². The van der Waals surface area contributed by atoms with Gasteiger partial charge in [-0.25, -0.2) is 9.97 Å². The first-order valence-corrected chi connectivity index (χ1v) is 9.78. The molecule has 2 aromatic rings. The van der Waals surface area contributed by atoms with Crippen LogP contribution < -0.4 is 5.06 Å². The summed E-state index contributed by atoms with van der Waals surface area (Å²) in [6.07, 6.45) is 5.22. The van der Waals surface area contributed by atoms with Gasteiger partial charge in [0.1, 0.15) is 0 Å². The molecule has 3 aliphatic rings. The number of fused-ring (bicyclic) bond motifs is 2. The van der Waals surface area contributed by atoms with Crippen LogP contribution in [-0.2, 0) is 9.57 Å². The molecule has 0 bridgehead atoms. The van der Waals surface area contributed by atoms with Gasteiger partial charge in [0, 0.05) is 36.8 Å². The van der Waals surface area contributed by atoms with Crippen LogP contribution in [0, 0.1) is 0 Å². The molecule has 0 amide bonds. The molecule has 0 atom stereocenters. The van der Waals surface area contributed by atoms with Crippen molar-refractivity contribution >= 4 is 22.5 Å². The molecule has 0 spiro atoms. The minimum absolute atomic E-state index is 0.512. The summed E-state index contributed by atoms with van der Waals surface area (Å²) in [5.41, 5.74) is 3.84. The molecule has 2 aliphatic heterocycles. The van der Waals surface area contributed by atoms with Crippen molar-refractivity contribution in [2.24, 2.45) is 0 Å². The molecule has 0 unspecified atom stereocenters. The summed E-state index contributed by atoms with van der Waals surface area (Å²) in [6.45, 7) is 4.75. The average Bonchev–Trinajstić information content (AvgIpc) is 3.21. The van der Waals surface area contributed by atoms with E-state index in [-0.39, 0.29) is 0 Å². The number of hydrogen-bond donors (Lipinski definition) is 0. The summed E-state index contributed by atoms with van der Waals surface area (Å²) in [5.74, 6) is 0.512. The second-order valence-electron chi connectivity index (χ2n) is 6.99. The molecular weight excluding hydrogens is 368 g/mol. The Morgan fingerprint density at radius 3 is 2.83 bits per heavy atom. The molecular formula is C22H22N4O3. The normalized spacial score (nSPS) is 15.2. The summed E-state index contributed by atoms with van der Waals surface area (Å²) < 4.78 is 10.7. The number of rotatable bonds is 6. The first-order valence-electron chi connectivity index (χ1n) is 9.78. The summed E-state index contributed by atoms with van der Waals surface area (Å²) in [6, 6.07) is 13.9. The van der Waals surface area contributed by atoms with Gasteiger partial charge in [0.2, 0.25) is 0 Å². The molecule has 1 aliphatic carbocycles. The number of hydrogen-bond acceptors (Lipinski definition) is 7. The standard InChI is InChI=1S/C22H22N4O3/c1-2-4-21-18(3-1)15-23-22(24-21)26(29-12-8-25-6-10-27-11-7-25)20-13-17-5-9-28-16-19(17)14-20/h1-5,9,13-16H,6-8,10-12H2. The third-order valence-electron chi connectivity index (χ3n) is 5.09. The first-order chi connectivity index (χ1) is 14.4. The van der Waals surface area contributed by atoms with Crippen molar-refractivity contribution in [3.63, 3.8) is 0 Å². The van der Waals surface area contributed by atoms with Gasteiger partial charge in [-0.3, -0.25) is 9.74 Å². The largest absolute Gasteiger partial charge is 0.472 e. The fourth-order valence-electron chi connectivity index (χ4n) is 3.51. The lowest BCUT2D eigenvalue weighted by molar-refractivity contribution is 0.0200. The quantitative estimate of drug-likeness (QED) is 0.465. The van der Waals surface area contributed by atoms with Crippen molar-refractivity contribution in [1.82, 2.24) is 14.9 Å². The molecule has 1 aromatic heterocycles. The van der Waals surface area contributed by atoms with Gasteiger partial charge in [0.25, 0.3) is 5.95 Å². The van der Waals surface area contributed by atoms with Crippen molar-refractivity contribution in [3.05, 3.63) is 61.2 Å². The Morgan fingerprint density at radius 2 is 1.93 bits per heavy atom. The van der Waals surface area contributed by atoms with Crippen LogP contribution in [0.5, 0.6) is 0 Å². The third-order valence-corrected chi connectivity index (χ3v) is 5.09. The van der Waals surface area contributed by atoms with E-state index in [2.05, 4.69) is 16.0 Å². The highest BCUT2D eigenvalue weighted by Crippen LogP contribution is 2.34. The monoisotopic (exact) mass is 390 g/mol. The molecule has 7 heteroatoms. The van der Waals surface area contributed by atoms with Gasteiger partial charge in [-0.2, -0.15) is 5.06 Å². The maximum atomic E-state index is 6.19. The van der Waals surface area contributed by atoms with Crippen LogP contribution in [-0.4, -0.2) is 54.3 Å². The van der Waals surface area contributed by atoms with Gasteiger partial charge in [-0.05, 0) is 29.8 Å². The average molecular weight is 390 g/mol. The second-order valence-corrected chi connectivity index (χ2v) is 6.99. The van der Waals surface area contributed by atoms with Crippen LogP contribution in [0.15, 0.2) is 65.6 Å². The Balaban J connectivity index is 1.43. The fourth-order valence-corrected chi connectivity index (χ4v) is 3.51. The molecule has 0 radical (unpaired) electrons. The van der Waals surface area contributed by atoms with E-state index in [0.717, 1.165) is 60.6 Å². The third kappa shape index (κ3) is 3.93. The minimum Gasteiger partial charge on any atom is -0.472 e. The van der Waals surface area contributed by atoms with E-state index < -0.39 is 0 Å². The molecule has 1 fully saturated rings. The van der Waals surface area contributed by atoms with E-state index in [1.54, 1.807) is 17.6 Å². The smallest absolute Gasteiger partial charge is 0.255 e. The Hall–Kier alpha value is -3.00. The Morgan fingerprint density at radius 1 is 1.07 bits per heavy atom. The van der Waals surface area contributed by atoms with E-state index >= 15 is 0 Å². The van der Waals surface area contributed by atoms with Crippen LogP contribution in [0.25, 0.3) is 22.0 Å². The number of aromatic nitrogens is 2. The highest BCUT2D eigenvalue weighted by molar-refractivity contribution is 5.80. The second kappa shape index (κ2) is 8.16. The maximum Gasteiger partial charge on any atom is 0.255 e. The fraction of sp³-hybridized carbons (Fsp3) is 0.273. The summed E-state index contributed by atoms with van der Waals surface area (Å²) in [4.78, 5) is 17.8. The van der Waals surface area contributed by atoms with Crippen LogP contribution >= 0.6 is 0 Å². The van der Waals surface area contributed by atoms with E-state index in [0.29, 0.717) is 12.6 Å². The molecule has 0 saturated carbocycles. The number of morpholine rings is 1. The van der Waals surface area contributed by atoms with Gasteiger partial charge < -0.3 is 9.15 Å². The molecule has 7 nitrogen and oxygen atoms in total. The number of para-hydroxylation sites is 1. The van der Waals surface area contributed by atoms with E-state index in [1.807, 2.05) is 42.6 Å². The summed E-state index contributed by atoms with van der Waals surface area (Å²) >= 11 is 0. The van der Waals surface area contributed by atoms with E-state index in [1.165, 1.54) is 0 Å². The zero-order chi connectivity index (χ0) is 19.5. The maximum absolute atomic E-state index is 6.19. The van der Waals surface area contributed by atoms with Crippen molar-refractivity contribution in [1.29, 1.82) is 0 Å². The Labute approximate surface area is 168 Å². The van der Waals surface area contributed by atoms with E-state index in [9.17, 15) is 0 Å². The lowest BCUT2D eigenvalue weighted by atomic mass is 10.2. The predicted octanol–water partition coefficient (Wildman–Crippen LogP) is 3.73. The summed E-state index contributed by atoms with van der Waals surface area (Å²) in [7, 11) is 0. The number of ether oxygens (including phenoxy) is 1. The lowest BCUT2D eigenvalue weighted by Crippen LogP contribution is -2.39. The van der Waals surface area contributed by atoms with Crippen LogP contribution in [0.3, 0.4) is 0 Å². The minimum atomic E-state index is 0.512. The van der Waals surface area contributed by atoms with Crippen LogP contribution in [0.2, 0.25) is 0 Å². The molecule has 1 aromatic carbocycles. The zero-order valence-electron chi connectivity index (χ0n) is 16.0. The number of nitrogens with zero attached hydrogens (tertiary/aromatic N) is 4. The van der Waals surface area contributed by atoms with Crippen molar-refractivity contribution < 1.29 is 14.0 Å². The number of benzene rings is 1. The molecule has 1 saturated heterocycles. The highest BCUT2D eigenvalue weighted by atomic mass is 16.7. The Kier molecular flexibility index (Phi) is 5.08. The molecule has 0 N–H and O–H groups in total. The van der Waals surface area contributed by atoms with Gasteiger partial charge in [-0.1, -0.05) is 18.2 Å². The van der Waals surface area contributed by atoms with Crippen molar-refractivity contribution in [2.75, 3.05) is 44.5 Å². The van der Waals surface area contributed by atoms with Gasteiger partial charge in [-0.15, -0.1) is 0 Å². The van der Waals surface area contributed by atoms with Gasteiger partial charge >= 0.3 is 0 Å².